The molecular weight excluding hydrogens is 218 g/mol. The predicted molar refractivity (Wildman–Crippen MR) is 62.3 cm³/mol. The van der Waals surface area contributed by atoms with Crippen molar-refractivity contribution in [2.75, 3.05) is 5.73 Å². The van der Waals surface area contributed by atoms with Crippen LogP contribution in [0.2, 0.25) is 0 Å². The standard InChI is InChI=1S/C11H9N5O/c12-8-6-7(2-3-9(8)17)10-14-15-11-13-4-1-5-16(10)11/h1-6,17H,12H2. The Morgan fingerprint density at radius 1 is 1.24 bits per heavy atom. The second-order valence-corrected chi connectivity index (χ2v) is 3.59. The Bertz CT molecular complexity index is 691. The van der Waals surface area contributed by atoms with Gasteiger partial charge in [0, 0.05) is 18.0 Å². The van der Waals surface area contributed by atoms with Gasteiger partial charge >= 0.3 is 0 Å². The fourth-order valence-electron chi connectivity index (χ4n) is 1.63. The predicted octanol–water partition coefficient (Wildman–Crippen LogP) is 1.08. The van der Waals surface area contributed by atoms with Crippen molar-refractivity contribution >= 4 is 11.5 Å². The lowest BCUT2D eigenvalue weighted by Crippen LogP contribution is -1.92. The minimum absolute atomic E-state index is 0.0562. The largest absolute Gasteiger partial charge is 0.506 e. The average Bonchev–Trinajstić information content (AvgIpc) is 2.76. The Labute approximate surface area is 96.4 Å². The number of aromatic hydroxyl groups is 1. The van der Waals surface area contributed by atoms with E-state index < -0.39 is 0 Å². The topological polar surface area (TPSA) is 89.3 Å². The molecule has 0 unspecified atom stereocenters. The Morgan fingerprint density at radius 2 is 2.12 bits per heavy atom. The molecule has 1 aromatic carbocycles. The molecule has 0 aliphatic carbocycles. The van der Waals surface area contributed by atoms with Crippen LogP contribution in [-0.4, -0.2) is 24.7 Å². The van der Waals surface area contributed by atoms with Gasteiger partial charge in [-0.1, -0.05) is 0 Å². The SMILES string of the molecule is Nc1cc(-c2nnc3ncccn23)ccc1O. The van der Waals surface area contributed by atoms with Gasteiger partial charge in [-0.05, 0) is 24.3 Å². The van der Waals surface area contributed by atoms with Crippen LogP contribution < -0.4 is 5.73 Å². The number of nitrogens with two attached hydrogens (primary N) is 1. The number of aromatic nitrogens is 4. The van der Waals surface area contributed by atoms with Gasteiger partial charge in [-0.2, -0.15) is 0 Å². The summed E-state index contributed by atoms with van der Waals surface area (Å²) in [7, 11) is 0. The lowest BCUT2D eigenvalue weighted by molar-refractivity contribution is 0.478. The first kappa shape index (κ1) is 9.59. The van der Waals surface area contributed by atoms with Crippen LogP contribution in [0.25, 0.3) is 17.2 Å². The fraction of sp³-hybridized carbons (Fsp3) is 0. The van der Waals surface area contributed by atoms with Crippen molar-refractivity contribution in [3.63, 3.8) is 0 Å². The molecule has 3 N–H and O–H groups in total. The minimum atomic E-state index is 0.0562. The third-order valence-electron chi connectivity index (χ3n) is 2.47. The number of phenolic OH excluding ortho intramolecular Hbond substituents is 1. The van der Waals surface area contributed by atoms with Gasteiger partial charge in [-0.25, -0.2) is 4.98 Å². The molecule has 0 aliphatic rings. The molecule has 0 saturated heterocycles. The molecular formula is C11H9N5O. The highest BCUT2D eigenvalue weighted by atomic mass is 16.3. The summed E-state index contributed by atoms with van der Waals surface area (Å²) in [5.41, 5.74) is 6.73. The summed E-state index contributed by atoms with van der Waals surface area (Å²) in [5.74, 6) is 1.22. The van der Waals surface area contributed by atoms with Gasteiger partial charge in [-0.15, -0.1) is 10.2 Å². The maximum absolute atomic E-state index is 9.37. The van der Waals surface area contributed by atoms with E-state index in [2.05, 4.69) is 15.2 Å². The van der Waals surface area contributed by atoms with Gasteiger partial charge in [0.05, 0.1) is 5.69 Å². The lowest BCUT2D eigenvalue weighted by atomic mass is 10.2. The van der Waals surface area contributed by atoms with Crippen LogP contribution in [0.5, 0.6) is 5.75 Å². The number of phenols is 1. The number of nitrogens with zero attached hydrogens (tertiary/aromatic N) is 4. The van der Waals surface area contributed by atoms with Crippen LogP contribution >= 0.6 is 0 Å². The van der Waals surface area contributed by atoms with Crippen LogP contribution in [0.1, 0.15) is 0 Å². The third kappa shape index (κ3) is 1.46. The molecule has 2 aromatic heterocycles. The smallest absolute Gasteiger partial charge is 0.255 e. The maximum Gasteiger partial charge on any atom is 0.255 e. The Morgan fingerprint density at radius 3 is 2.94 bits per heavy atom. The lowest BCUT2D eigenvalue weighted by Gasteiger charge is -2.02. The van der Waals surface area contributed by atoms with Crippen molar-refractivity contribution < 1.29 is 5.11 Å². The summed E-state index contributed by atoms with van der Waals surface area (Å²) >= 11 is 0. The highest BCUT2D eigenvalue weighted by Gasteiger charge is 2.09. The molecule has 0 fully saturated rings. The highest BCUT2D eigenvalue weighted by molar-refractivity contribution is 5.67. The van der Waals surface area contributed by atoms with Crippen LogP contribution in [0.4, 0.5) is 5.69 Å². The molecule has 17 heavy (non-hydrogen) atoms. The van der Waals surface area contributed by atoms with Crippen LogP contribution in [0.15, 0.2) is 36.7 Å². The number of fused-ring (bicyclic) bond motifs is 1. The summed E-state index contributed by atoms with van der Waals surface area (Å²) in [5, 5.41) is 17.4. The molecule has 6 heteroatoms. The Hall–Kier alpha value is -2.63. The van der Waals surface area contributed by atoms with E-state index >= 15 is 0 Å². The molecule has 3 aromatic rings. The van der Waals surface area contributed by atoms with Crippen molar-refractivity contribution in [1.82, 2.24) is 19.6 Å². The molecule has 0 amide bonds. The number of nitrogen functional groups attached to an aromatic ring is 1. The van der Waals surface area contributed by atoms with E-state index in [1.54, 1.807) is 28.8 Å². The second kappa shape index (κ2) is 3.44. The molecule has 0 atom stereocenters. The van der Waals surface area contributed by atoms with Gasteiger partial charge in [-0.3, -0.25) is 4.40 Å². The molecule has 6 nitrogen and oxygen atoms in total. The Balaban J connectivity index is 2.24. The summed E-state index contributed by atoms with van der Waals surface area (Å²) in [6.07, 6.45) is 3.47. The quantitative estimate of drug-likeness (QED) is 0.479. The number of benzene rings is 1. The van der Waals surface area contributed by atoms with E-state index in [0.29, 0.717) is 17.3 Å². The van der Waals surface area contributed by atoms with Crippen LogP contribution in [0.3, 0.4) is 0 Å². The zero-order chi connectivity index (χ0) is 11.8. The van der Waals surface area contributed by atoms with Crippen molar-refractivity contribution in [2.24, 2.45) is 0 Å². The molecule has 0 saturated carbocycles. The zero-order valence-electron chi connectivity index (χ0n) is 8.78. The number of rotatable bonds is 1. The van der Waals surface area contributed by atoms with Crippen molar-refractivity contribution in [2.45, 2.75) is 0 Å². The Kier molecular flexibility index (Phi) is 1.94. The molecule has 0 radical (unpaired) electrons. The molecule has 3 rings (SSSR count). The highest BCUT2D eigenvalue weighted by Crippen LogP contribution is 2.26. The fourth-order valence-corrected chi connectivity index (χ4v) is 1.63. The second-order valence-electron chi connectivity index (χ2n) is 3.59. The van der Waals surface area contributed by atoms with E-state index in [1.807, 2.05) is 6.20 Å². The summed E-state index contributed by atoms with van der Waals surface area (Å²) in [6, 6.07) is 6.71. The van der Waals surface area contributed by atoms with Crippen molar-refractivity contribution in [1.29, 1.82) is 0 Å². The van der Waals surface area contributed by atoms with E-state index in [9.17, 15) is 5.11 Å². The zero-order valence-corrected chi connectivity index (χ0v) is 8.78. The van der Waals surface area contributed by atoms with Gasteiger partial charge in [0.2, 0.25) is 0 Å². The van der Waals surface area contributed by atoms with E-state index in [-0.39, 0.29) is 5.75 Å². The van der Waals surface area contributed by atoms with E-state index in [0.717, 1.165) is 5.56 Å². The summed E-state index contributed by atoms with van der Waals surface area (Å²) < 4.78 is 1.76. The van der Waals surface area contributed by atoms with Gasteiger partial charge in [0.15, 0.2) is 5.82 Å². The maximum atomic E-state index is 9.37. The van der Waals surface area contributed by atoms with Gasteiger partial charge < -0.3 is 10.8 Å². The first-order valence-corrected chi connectivity index (χ1v) is 5.00. The van der Waals surface area contributed by atoms with Gasteiger partial charge in [0.1, 0.15) is 5.75 Å². The van der Waals surface area contributed by atoms with E-state index in [1.165, 1.54) is 6.07 Å². The number of hydrogen-bond donors (Lipinski definition) is 2. The van der Waals surface area contributed by atoms with Gasteiger partial charge in [0.25, 0.3) is 5.78 Å². The number of anilines is 1. The average molecular weight is 227 g/mol. The van der Waals surface area contributed by atoms with E-state index in [4.69, 9.17) is 5.73 Å². The summed E-state index contributed by atoms with van der Waals surface area (Å²) in [4.78, 5) is 4.08. The normalized spacial score (nSPS) is 10.8. The number of hydrogen-bond acceptors (Lipinski definition) is 5. The monoisotopic (exact) mass is 227 g/mol. The first-order valence-electron chi connectivity index (χ1n) is 5.00. The van der Waals surface area contributed by atoms with Crippen molar-refractivity contribution in [3.8, 4) is 17.1 Å². The molecule has 2 heterocycles. The first-order chi connectivity index (χ1) is 8.25. The molecule has 0 aliphatic heterocycles. The minimum Gasteiger partial charge on any atom is -0.506 e. The molecule has 0 spiro atoms. The molecule has 0 bridgehead atoms. The van der Waals surface area contributed by atoms with Crippen LogP contribution in [-0.2, 0) is 0 Å². The van der Waals surface area contributed by atoms with Crippen molar-refractivity contribution in [3.05, 3.63) is 36.7 Å². The summed E-state index contributed by atoms with van der Waals surface area (Å²) in [6.45, 7) is 0. The molecule has 84 valence electrons. The third-order valence-corrected chi connectivity index (χ3v) is 2.47. The van der Waals surface area contributed by atoms with Crippen LogP contribution in [0, 0.1) is 0 Å².